The summed E-state index contributed by atoms with van der Waals surface area (Å²) in [6.45, 7) is 3.49. The van der Waals surface area contributed by atoms with Gasteiger partial charge in [-0.1, -0.05) is 59.1 Å². The molecule has 7 nitrogen and oxygen atoms in total. The minimum absolute atomic E-state index is 0.134. The van der Waals surface area contributed by atoms with Crippen molar-refractivity contribution in [3.05, 3.63) is 64.1 Å². The Morgan fingerprint density at radius 1 is 1.11 bits per heavy atom. The topological polar surface area (TPSA) is 86.8 Å². The molecule has 0 radical (unpaired) electrons. The van der Waals surface area contributed by atoms with Crippen molar-refractivity contribution < 1.29 is 18.0 Å². The molecule has 1 aliphatic rings. The van der Waals surface area contributed by atoms with Crippen LogP contribution in [0.2, 0.25) is 0 Å². The monoisotopic (exact) mass is 563 g/mol. The maximum atomic E-state index is 13.6. The molecule has 0 bridgehead atoms. The lowest BCUT2D eigenvalue weighted by Gasteiger charge is -2.32. The molecule has 190 valence electrons. The average molecular weight is 565 g/mol. The van der Waals surface area contributed by atoms with Crippen LogP contribution in [0.25, 0.3) is 0 Å². The summed E-state index contributed by atoms with van der Waals surface area (Å²) in [5.74, 6) is -0.621. The molecule has 2 amide bonds. The zero-order valence-electron chi connectivity index (χ0n) is 20.5. The van der Waals surface area contributed by atoms with Crippen molar-refractivity contribution in [2.24, 2.45) is 0 Å². The van der Waals surface area contributed by atoms with Crippen molar-refractivity contribution in [3.63, 3.8) is 0 Å². The van der Waals surface area contributed by atoms with Crippen molar-refractivity contribution in [2.75, 3.05) is 23.7 Å². The fraction of sp³-hybridized carbons (Fsp3) is 0.462. The molecule has 1 atom stereocenters. The van der Waals surface area contributed by atoms with Crippen molar-refractivity contribution in [3.8, 4) is 0 Å². The van der Waals surface area contributed by atoms with E-state index >= 15 is 0 Å². The molecule has 35 heavy (non-hydrogen) atoms. The lowest BCUT2D eigenvalue weighted by molar-refractivity contribution is -0.139. The van der Waals surface area contributed by atoms with Gasteiger partial charge in [0, 0.05) is 17.1 Å². The molecule has 1 saturated carbocycles. The number of benzene rings is 2. The molecular weight excluding hydrogens is 530 g/mol. The first-order chi connectivity index (χ1) is 16.6. The molecule has 1 aliphatic carbocycles. The number of nitrogens with zero attached hydrogens (tertiary/aromatic N) is 2. The number of aryl methyl sites for hydroxylation is 1. The number of amides is 2. The van der Waals surface area contributed by atoms with Crippen LogP contribution in [-0.4, -0.2) is 56.6 Å². The van der Waals surface area contributed by atoms with E-state index in [1.54, 1.807) is 25.1 Å². The maximum Gasteiger partial charge on any atom is 0.244 e. The Morgan fingerprint density at radius 2 is 1.77 bits per heavy atom. The summed E-state index contributed by atoms with van der Waals surface area (Å²) in [5.41, 5.74) is 2.30. The van der Waals surface area contributed by atoms with E-state index in [1.807, 2.05) is 37.3 Å². The van der Waals surface area contributed by atoms with Crippen LogP contribution in [0.15, 0.2) is 53.0 Å². The molecule has 9 heteroatoms. The predicted molar refractivity (Wildman–Crippen MR) is 143 cm³/mol. The number of hydrogen-bond donors (Lipinski definition) is 1. The van der Waals surface area contributed by atoms with Crippen LogP contribution in [0, 0.1) is 6.92 Å². The fourth-order valence-electron chi connectivity index (χ4n) is 4.36. The van der Waals surface area contributed by atoms with E-state index in [1.165, 1.54) is 4.90 Å². The quantitative estimate of drug-likeness (QED) is 0.472. The second-order valence-corrected chi connectivity index (χ2v) is 12.0. The van der Waals surface area contributed by atoms with Crippen LogP contribution in [0.5, 0.6) is 0 Å². The third kappa shape index (κ3) is 7.54. The smallest absolute Gasteiger partial charge is 0.244 e. The summed E-state index contributed by atoms with van der Waals surface area (Å²) < 4.78 is 27.3. The van der Waals surface area contributed by atoms with Gasteiger partial charge in [-0.2, -0.15) is 0 Å². The Morgan fingerprint density at radius 3 is 2.37 bits per heavy atom. The molecule has 3 rings (SSSR count). The number of carbonyl (C=O) groups excluding carboxylic acids is 2. The van der Waals surface area contributed by atoms with Crippen LogP contribution < -0.4 is 9.62 Å². The SMILES string of the molecule is Cc1cc(N(CC(=O)N(CCc2ccccc2)C(C)C(=O)NC2CCCC2)S(C)(=O)=O)ccc1Br. The van der Waals surface area contributed by atoms with E-state index in [-0.39, 0.29) is 18.5 Å². The molecule has 2 aromatic carbocycles. The molecule has 1 N–H and O–H groups in total. The second kappa shape index (κ2) is 12.0. The summed E-state index contributed by atoms with van der Waals surface area (Å²) in [5, 5.41) is 3.07. The van der Waals surface area contributed by atoms with Crippen molar-refractivity contribution in [2.45, 2.75) is 58.0 Å². The molecular formula is C26H34BrN3O4S. The van der Waals surface area contributed by atoms with Gasteiger partial charge in [0.1, 0.15) is 12.6 Å². The number of nitrogens with one attached hydrogen (secondary N) is 1. The number of carbonyl (C=O) groups is 2. The van der Waals surface area contributed by atoms with Crippen LogP contribution >= 0.6 is 15.9 Å². The molecule has 0 heterocycles. The highest BCUT2D eigenvalue weighted by Gasteiger charge is 2.31. The summed E-state index contributed by atoms with van der Waals surface area (Å²) in [7, 11) is -3.74. The summed E-state index contributed by atoms with van der Waals surface area (Å²) in [6, 6.07) is 14.3. The van der Waals surface area contributed by atoms with E-state index in [9.17, 15) is 18.0 Å². The highest BCUT2D eigenvalue weighted by Crippen LogP contribution is 2.25. The van der Waals surface area contributed by atoms with Gasteiger partial charge in [0.15, 0.2) is 0 Å². The number of halogens is 1. The zero-order chi connectivity index (χ0) is 25.6. The summed E-state index contributed by atoms with van der Waals surface area (Å²) >= 11 is 3.43. The van der Waals surface area contributed by atoms with Crippen molar-refractivity contribution >= 4 is 43.5 Å². The normalized spacial score (nSPS) is 15.0. The highest BCUT2D eigenvalue weighted by atomic mass is 79.9. The molecule has 0 aliphatic heterocycles. The first-order valence-corrected chi connectivity index (χ1v) is 14.6. The Balaban J connectivity index is 1.83. The van der Waals surface area contributed by atoms with Crippen LogP contribution in [0.4, 0.5) is 5.69 Å². The molecule has 2 aromatic rings. The summed E-state index contributed by atoms with van der Waals surface area (Å²) in [4.78, 5) is 28.1. The number of hydrogen-bond acceptors (Lipinski definition) is 4. The molecule has 1 unspecified atom stereocenters. The van der Waals surface area contributed by atoms with Gasteiger partial charge in [0.05, 0.1) is 11.9 Å². The van der Waals surface area contributed by atoms with E-state index in [2.05, 4.69) is 21.2 Å². The largest absolute Gasteiger partial charge is 0.352 e. The summed E-state index contributed by atoms with van der Waals surface area (Å²) in [6.07, 6.45) is 5.71. The van der Waals surface area contributed by atoms with Crippen LogP contribution in [0.1, 0.15) is 43.7 Å². The van der Waals surface area contributed by atoms with E-state index in [4.69, 9.17) is 0 Å². The molecule has 1 fully saturated rings. The van der Waals surface area contributed by atoms with Gasteiger partial charge in [-0.3, -0.25) is 13.9 Å². The van der Waals surface area contributed by atoms with Gasteiger partial charge in [-0.15, -0.1) is 0 Å². The van der Waals surface area contributed by atoms with Crippen LogP contribution in [0.3, 0.4) is 0 Å². The first-order valence-electron chi connectivity index (χ1n) is 11.9. The number of sulfonamides is 1. The van der Waals surface area contributed by atoms with E-state index in [0.717, 1.165) is 51.8 Å². The average Bonchev–Trinajstić information content (AvgIpc) is 3.32. The van der Waals surface area contributed by atoms with Gasteiger partial charge >= 0.3 is 0 Å². The Kier molecular flexibility index (Phi) is 9.35. The van der Waals surface area contributed by atoms with Gasteiger partial charge in [-0.05, 0) is 62.4 Å². The third-order valence-corrected chi connectivity index (χ3v) is 8.49. The fourth-order valence-corrected chi connectivity index (χ4v) is 5.45. The Hall–Kier alpha value is -2.39. The van der Waals surface area contributed by atoms with Crippen molar-refractivity contribution in [1.29, 1.82) is 0 Å². The lowest BCUT2D eigenvalue weighted by atomic mass is 10.1. The minimum atomic E-state index is -3.74. The Bertz CT molecular complexity index is 1130. The Labute approximate surface area is 217 Å². The highest BCUT2D eigenvalue weighted by molar-refractivity contribution is 9.10. The van der Waals surface area contributed by atoms with Gasteiger partial charge in [0.25, 0.3) is 0 Å². The van der Waals surface area contributed by atoms with Crippen LogP contribution in [-0.2, 0) is 26.0 Å². The van der Waals surface area contributed by atoms with Gasteiger partial charge in [0.2, 0.25) is 21.8 Å². The molecule has 0 saturated heterocycles. The van der Waals surface area contributed by atoms with Gasteiger partial charge < -0.3 is 10.2 Å². The first kappa shape index (κ1) is 27.2. The maximum absolute atomic E-state index is 13.6. The van der Waals surface area contributed by atoms with E-state index in [0.29, 0.717) is 18.7 Å². The van der Waals surface area contributed by atoms with E-state index < -0.39 is 22.0 Å². The zero-order valence-corrected chi connectivity index (χ0v) is 22.9. The minimum Gasteiger partial charge on any atom is -0.352 e. The molecule has 0 spiro atoms. The second-order valence-electron chi connectivity index (χ2n) is 9.19. The predicted octanol–water partition coefficient (Wildman–Crippen LogP) is 4.04. The third-order valence-electron chi connectivity index (χ3n) is 6.46. The molecule has 0 aromatic heterocycles. The number of anilines is 1. The number of rotatable bonds is 10. The van der Waals surface area contributed by atoms with Crippen molar-refractivity contribution in [1.82, 2.24) is 10.2 Å². The standard InChI is InChI=1S/C26H34BrN3O4S/c1-19-17-23(13-14-24(19)27)30(35(3,33)34)18-25(31)29(16-15-21-9-5-4-6-10-21)20(2)26(32)28-22-11-7-8-12-22/h4-6,9-10,13-14,17,20,22H,7-8,11-12,15-16,18H2,1-3H3,(H,28,32). The lowest BCUT2D eigenvalue weighted by Crippen LogP contribution is -2.53. The van der Waals surface area contributed by atoms with Gasteiger partial charge in [-0.25, -0.2) is 8.42 Å².